The number of hydrogen-bond donors (Lipinski definition) is 1. The summed E-state index contributed by atoms with van der Waals surface area (Å²) in [5.41, 5.74) is 0.807. The zero-order valence-corrected chi connectivity index (χ0v) is 12.6. The number of ketones is 1. The van der Waals surface area contributed by atoms with Gasteiger partial charge in [-0.1, -0.05) is 36.1 Å². The van der Waals surface area contributed by atoms with Crippen molar-refractivity contribution in [2.24, 2.45) is 0 Å². The summed E-state index contributed by atoms with van der Waals surface area (Å²) in [7, 11) is 0. The third-order valence-electron chi connectivity index (χ3n) is 2.97. The number of rotatable bonds is 6. The first-order valence-corrected chi connectivity index (χ1v) is 7.12. The van der Waals surface area contributed by atoms with E-state index in [1.165, 1.54) is 0 Å². The standard InChI is InChI=1S/C18H17NO4/c1-2-23-15-10-8-13(9-11-15)16(20)12-17(21)18(22)19-14-6-4-3-5-7-14/h3-12,20H,2H2,1H3,(H,19,22)/p-1. The molecular formula is C18H16NO4-. The lowest BCUT2D eigenvalue weighted by Crippen LogP contribution is -2.22. The molecule has 2 aromatic rings. The normalized spacial score (nSPS) is 10.9. The van der Waals surface area contributed by atoms with Crippen LogP contribution in [0.2, 0.25) is 0 Å². The van der Waals surface area contributed by atoms with Gasteiger partial charge < -0.3 is 15.2 Å². The van der Waals surface area contributed by atoms with Gasteiger partial charge in [-0.15, -0.1) is 0 Å². The molecule has 1 N–H and O–H groups in total. The molecule has 0 spiro atoms. The average molecular weight is 310 g/mol. The van der Waals surface area contributed by atoms with E-state index in [9.17, 15) is 14.7 Å². The topological polar surface area (TPSA) is 78.5 Å². The van der Waals surface area contributed by atoms with Gasteiger partial charge in [-0.2, -0.15) is 0 Å². The second kappa shape index (κ2) is 7.79. The van der Waals surface area contributed by atoms with Crippen LogP contribution in [0, 0.1) is 0 Å². The summed E-state index contributed by atoms with van der Waals surface area (Å²) < 4.78 is 5.27. The molecule has 0 atom stereocenters. The van der Waals surface area contributed by atoms with E-state index < -0.39 is 17.4 Å². The highest BCUT2D eigenvalue weighted by Gasteiger charge is 2.10. The van der Waals surface area contributed by atoms with Gasteiger partial charge in [-0.25, -0.2) is 0 Å². The SMILES string of the molecule is CCOc1ccc(C([O-])=CC(=O)C(=O)Nc2ccccc2)cc1. The lowest BCUT2D eigenvalue weighted by atomic mass is 10.1. The molecule has 2 aromatic carbocycles. The Morgan fingerprint density at radius 3 is 2.35 bits per heavy atom. The zero-order valence-electron chi connectivity index (χ0n) is 12.6. The van der Waals surface area contributed by atoms with Crippen LogP contribution in [0.4, 0.5) is 5.69 Å². The van der Waals surface area contributed by atoms with Crippen LogP contribution in [0.1, 0.15) is 12.5 Å². The minimum absolute atomic E-state index is 0.314. The van der Waals surface area contributed by atoms with Gasteiger partial charge in [0.25, 0.3) is 5.91 Å². The zero-order chi connectivity index (χ0) is 16.7. The fourth-order valence-electron chi connectivity index (χ4n) is 1.86. The molecule has 0 unspecified atom stereocenters. The lowest BCUT2D eigenvalue weighted by molar-refractivity contribution is -0.243. The summed E-state index contributed by atoms with van der Waals surface area (Å²) in [5.74, 6) is -1.64. The van der Waals surface area contributed by atoms with Gasteiger partial charge >= 0.3 is 0 Å². The predicted molar refractivity (Wildman–Crippen MR) is 85.7 cm³/mol. The van der Waals surface area contributed by atoms with Gasteiger partial charge in [-0.05, 0) is 42.8 Å². The summed E-state index contributed by atoms with van der Waals surface area (Å²) >= 11 is 0. The van der Waals surface area contributed by atoms with Crippen LogP contribution in [0.15, 0.2) is 60.7 Å². The Balaban J connectivity index is 2.04. The van der Waals surface area contributed by atoms with E-state index in [0.29, 0.717) is 23.6 Å². The van der Waals surface area contributed by atoms with Crippen molar-refractivity contribution in [3.8, 4) is 5.75 Å². The smallest absolute Gasteiger partial charge is 0.296 e. The Labute approximate surface area is 134 Å². The maximum atomic E-state index is 12.0. The summed E-state index contributed by atoms with van der Waals surface area (Å²) in [6.07, 6.45) is 0.786. The van der Waals surface area contributed by atoms with Crippen LogP contribution in [0.5, 0.6) is 5.75 Å². The van der Waals surface area contributed by atoms with Crippen molar-refractivity contribution in [3.63, 3.8) is 0 Å². The largest absolute Gasteiger partial charge is 0.872 e. The number of amides is 1. The number of carbonyl (C=O) groups excluding carboxylic acids is 2. The fourth-order valence-corrected chi connectivity index (χ4v) is 1.86. The minimum Gasteiger partial charge on any atom is -0.872 e. The number of carbonyl (C=O) groups is 2. The molecule has 1 amide bonds. The summed E-state index contributed by atoms with van der Waals surface area (Å²) in [6.45, 7) is 2.38. The number of anilines is 1. The number of ether oxygens (including phenoxy) is 1. The molecule has 5 nitrogen and oxygen atoms in total. The molecule has 0 saturated carbocycles. The van der Waals surface area contributed by atoms with Crippen molar-refractivity contribution >= 4 is 23.1 Å². The monoisotopic (exact) mass is 310 g/mol. The molecule has 0 bridgehead atoms. The highest BCUT2D eigenvalue weighted by molar-refractivity contribution is 6.45. The van der Waals surface area contributed by atoms with Crippen LogP contribution >= 0.6 is 0 Å². The molecule has 118 valence electrons. The Bertz CT molecular complexity index is 706. The number of hydrogen-bond acceptors (Lipinski definition) is 4. The van der Waals surface area contributed by atoms with Gasteiger partial charge in [0.1, 0.15) is 5.75 Å². The third kappa shape index (κ3) is 4.71. The van der Waals surface area contributed by atoms with Crippen molar-refractivity contribution in [2.75, 3.05) is 11.9 Å². The molecule has 0 radical (unpaired) electrons. The summed E-state index contributed by atoms with van der Waals surface area (Å²) in [4.78, 5) is 23.5. The highest BCUT2D eigenvalue weighted by Crippen LogP contribution is 2.15. The number of benzene rings is 2. The maximum Gasteiger partial charge on any atom is 0.296 e. The van der Waals surface area contributed by atoms with E-state index in [4.69, 9.17) is 4.74 Å². The maximum absolute atomic E-state index is 12.0. The van der Waals surface area contributed by atoms with Crippen molar-refractivity contribution in [2.45, 2.75) is 6.92 Å². The van der Waals surface area contributed by atoms with E-state index in [0.717, 1.165) is 6.08 Å². The van der Waals surface area contributed by atoms with E-state index >= 15 is 0 Å². The van der Waals surface area contributed by atoms with Crippen LogP contribution in [-0.4, -0.2) is 18.3 Å². The Morgan fingerprint density at radius 2 is 1.74 bits per heavy atom. The van der Waals surface area contributed by atoms with E-state index in [-0.39, 0.29) is 0 Å². The molecule has 0 heterocycles. The highest BCUT2D eigenvalue weighted by atomic mass is 16.5. The second-order valence-corrected chi connectivity index (χ2v) is 4.65. The molecule has 0 aliphatic heterocycles. The molecule has 2 rings (SSSR count). The molecule has 0 aromatic heterocycles. The Kier molecular flexibility index (Phi) is 5.52. The molecule has 0 fully saturated rings. The van der Waals surface area contributed by atoms with E-state index in [2.05, 4.69) is 5.32 Å². The lowest BCUT2D eigenvalue weighted by Gasteiger charge is -2.12. The molecule has 23 heavy (non-hydrogen) atoms. The average Bonchev–Trinajstić information content (AvgIpc) is 2.56. The summed E-state index contributed by atoms with van der Waals surface area (Å²) in [6, 6.07) is 14.9. The predicted octanol–water partition coefficient (Wildman–Crippen LogP) is 1.99. The van der Waals surface area contributed by atoms with Gasteiger partial charge in [-0.3, -0.25) is 9.59 Å². The molecule has 0 saturated heterocycles. The molecule has 5 heteroatoms. The first kappa shape index (κ1) is 16.3. The first-order chi connectivity index (χ1) is 11.1. The van der Waals surface area contributed by atoms with Gasteiger partial charge in [0.05, 0.1) is 6.61 Å². The van der Waals surface area contributed by atoms with Crippen LogP contribution in [-0.2, 0) is 9.59 Å². The Hall–Kier alpha value is -3.08. The van der Waals surface area contributed by atoms with E-state index in [1.807, 2.05) is 6.92 Å². The molecule has 0 aliphatic carbocycles. The second-order valence-electron chi connectivity index (χ2n) is 4.65. The van der Waals surface area contributed by atoms with E-state index in [1.54, 1.807) is 54.6 Å². The van der Waals surface area contributed by atoms with Crippen LogP contribution in [0.25, 0.3) is 5.76 Å². The molecule has 0 aliphatic rings. The summed E-state index contributed by atoms with van der Waals surface area (Å²) in [5, 5.41) is 14.4. The third-order valence-corrected chi connectivity index (χ3v) is 2.97. The quantitative estimate of drug-likeness (QED) is 0.503. The van der Waals surface area contributed by atoms with Gasteiger partial charge in [0.2, 0.25) is 5.78 Å². The first-order valence-electron chi connectivity index (χ1n) is 7.12. The molecular weight excluding hydrogens is 294 g/mol. The van der Waals surface area contributed by atoms with Crippen LogP contribution < -0.4 is 15.2 Å². The van der Waals surface area contributed by atoms with Crippen molar-refractivity contribution < 1.29 is 19.4 Å². The van der Waals surface area contributed by atoms with Gasteiger partial charge in [0, 0.05) is 5.69 Å². The number of para-hydroxylation sites is 1. The van der Waals surface area contributed by atoms with Gasteiger partial charge in [0.15, 0.2) is 0 Å². The van der Waals surface area contributed by atoms with Crippen molar-refractivity contribution in [1.82, 2.24) is 0 Å². The number of nitrogens with one attached hydrogen (secondary N) is 1. The minimum atomic E-state index is -0.896. The Morgan fingerprint density at radius 1 is 1.09 bits per heavy atom. The van der Waals surface area contributed by atoms with Crippen molar-refractivity contribution in [1.29, 1.82) is 0 Å². The van der Waals surface area contributed by atoms with Crippen LogP contribution in [0.3, 0.4) is 0 Å². The fraction of sp³-hybridized carbons (Fsp3) is 0.111. The van der Waals surface area contributed by atoms with Crippen molar-refractivity contribution in [3.05, 3.63) is 66.2 Å².